The molecule has 2 heterocycles. The highest BCUT2D eigenvalue weighted by molar-refractivity contribution is 7.85. The lowest BCUT2D eigenvalue weighted by Gasteiger charge is -2.23. The Hall–Kier alpha value is -1.66. The highest BCUT2D eigenvalue weighted by atomic mass is 35.5. The maximum Gasteiger partial charge on any atom is 0.238 e. The van der Waals surface area contributed by atoms with Gasteiger partial charge in [0.05, 0.1) is 22.0 Å². The average Bonchev–Trinajstić information content (AvgIpc) is 2.92. The van der Waals surface area contributed by atoms with Gasteiger partial charge in [0, 0.05) is 23.9 Å². The van der Waals surface area contributed by atoms with Crippen LogP contribution in [0.25, 0.3) is 11.5 Å². The minimum atomic E-state index is -1.35. The number of aromatic nitrogens is 1. The number of benzene rings is 1. The SMILES string of the molecule is C[C@H](C(=O)N1CCCCCC1)[S@](=O)Cc1coc(-c2ccccc2Cl)n1. The van der Waals surface area contributed by atoms with Crippen molar-refractivity contribution in [2.24, 2.45) is 0 Å². The summed E-state index contributed by atoms with van der Waals surface area (Å²) in [4.78, 5) is 18.9. The second-order valence-electron chi connectivity index (χ2n) is 6.53. The van der Waals surface area contributed by atoms with Crippen molar-refractivity contribution in [3.8, 4) is 11.5 Å². The smallest absolute Gasteiger partial charge is 0.238 e. The van der Waals surface area contributed by atoms with Crippen molar-refractivity contribution in [1.82, 2.24) is 9.88 Å². The molecule has 1 amide bonds. The third kappa shape index (κ3) is 4.54. The van der Waals surface area contributed by atoms with Crippen molar-refractivity contribution in [3.05, 3.63) is 41.2 Å². The first-order valence-corrected chi connectivity index (χ1v) is 10.7. The fourth-order valence-corrected chi connectivity index (χ4v) is 4.33. The van der Waals surface area contributed by atoms with Crippen molar-refractivity contribution in [2.45, 2.75) is 43.6 Å². The van der Waals surface area contributed by atoms with Crippen molar-refractivity contribution >= 4 is 28.3 Å². The minimum Gasteiger partial charge on any atom is -0.444 e. The van der Waals surface area contributed by atoms with Crippen LogP contribution in [0.2, 0.25) is 5.02 Å². The van der Waals surface area contributed by atoms with Gasteiger partial charge in [0.1, 0.15) is 11.5 Å². The predicted molar refractivity (Wildman–Crippen MR) is 103 cm³/mol. The van der Waals surface area contributed by atoms with E-state index in [4.69, 9.17) is 16.0 Å². The molecule has 5 nitrogen and oxygen atoms in total. The van der Waals surface area contributed by atoms with E-state index in [9.17, 15) is 9.00 Å². The van der Waals surface area contributed by atoms with Gasteiger partial charge in [0.25, 0.3) is 0 Å². The Morgan fingerprint density at radius 1 is 1.27 bits per heavy atom. The molecule has 1 saturated heterocycles. The molecular weight excluding hydrogens is 372 g/mol. The summed E-state index contributed by atoms with van der Waals surface area (Å²) in [6.07, 6.45) is 5.85. The number of likely N-dealkylation sites (tertiary alicyclic amines) is 1. The van der Waals surface area contributed by atoms with Crippen LogP contribution in [0.4, 0.5) is 0 Å². The molecular formula is C19H23ClN2O3S. The molecule has 1 aromatic carbocycles. The average molecular weight is 395 g/mol. The van der Waals surface area contributed by atoms with Crippen LogP contribution in [0.15, 0.2) is 34.9 Å². The molecule has 1 aromatic heterocycles. The Balaban J connectivity index is 1.64. The van der Waals surface area contributed by atoms with Gasteiger partial charge < -0.3 is 9.32 Å². The van der Waals surface area contributed by atoms with Gasteiger partial charge in [-0.05, 0) is 31.9 Å². The zero-order valence-corrected chi connectivity index (χ0v) is 16.4. The quantitative estimate of drug-likeness (QED) is 0.767. The summed E-state index contributed by atoms with van der Waals surface area (Å²) < 4.78 is 18.1. The molecule has 0 N–H and O–H groups in total. The van der Waals surface area contributed by atoms with E-state index >= 15 is 0 Å². The summed E-state index contributed by atoms with van der Waals surface area (Å²) in [5.41, 5.74) is 1.26. The first-order valence-electron chi connectivity index (χ1n) is 8.91. The number of halogens is 1. The third-order valence-corrected chi connectivity index (χ3v) is 6.51. The maximum atomic E-state index is 12.7. The van der Waals surface area contributed by atoms with Crippen LogP contribution in [0.5, 0.6) is 0 Å². The summed E-state index contributed by atoms with van der Waals surface area (Å²) in [5, 5.41) is 0.000273. The Kier molecular flexibility index (Phi) is 6.48. The number of oxazole rings is 1. The summed E-state index contributed by atoms with van der Waals surface area (Å²) >= 11 is 6.15. The van der Waals surface area contributed by atoms with Crippen LogP contribution in [-0.2, 0) is 21.3 Å². The summed E-state index contributed by atoms with van der Waals surface area (Å²) in [6.45, 7) is 3.26. The lowest BCUT2D eigenvalue weighted by atomic mass is 10.2. The molecule has 1 fully saturated rings. The van der Waals surface area contributed by atoms with Gasteiger partial charge in [-0.2, -0.15) is 0 Å². The molecule has 0 bridgehead atoms. The first kappa shape index (κ1) is 19.1. The topological polar surface area (TPSA) is 63.4 Å². The zero-order valence-electron chi connectivity index (χ0n) is 14.8. The van der Waals surface area contributed by atoms with E-state index in [2.05, 4.69) is 4.98 Å². The Morgan fingerprint density at radius 3 is 2.65 bits per heavy atom. The molecule has 2 atom stereocenters. The molecule has 0 spiro atoms. The lowest BCUT2D eigenvalue weighted by Crippen LogP contribution is -2.40. The number of hydrogen-bond donors (Lipinski definition) is 0. The first-order chi connectivity index (χ1) is 12.6. The van der Waals surface area contributed by atoms with Crippen molar-refractivity contribution < 1.29 is 13.4 Å². The van der Waals surface area contributed by atoms with Crippen molar-refractivity contribution in [1.29, 1.82) is 0 Å². The minimum absolute atomic E-state index is 0.0277. The number of carbonyl (C=O) groups excluding carboxylic acids is 1. The van der Waals surface area contributed by atoms with Gasteiger partial charge in [-0.15, -0.1) is 0 Å². The number of amides is 1. The van der Waals surface area contributed by atoms with Crippen LogP contribution in [0.3, 0.4) is 0 Å². The van der Waals surface area contributed by atoms with E-state index in [1.165, 1.54) is 6.26 Å². The van der Waals surface area contributed by atoms with Crippen LogP contribution in [0.1, 0.15) is 38.3 Å². The monoisotopic (exact) mass is 394 g/mol. The van der Waals surface area contributed by atoms with Crippen LogP contribution < -0.4 is 0 Å². The van der Waals surface area contributed by atoms with E-state index in [-0.39, 0.29) is 11.7 Å². The third-order valence-electron chi connectivity index (χ3n) is 4.61. The molecule has 7 heteroatoms. The number of hydrogen-bond acceptors (Lipinski definition) is 4. The molecule has 140 valence electrons. The normalized spacial score (nSPS) is 17.5. The highest BCUT2D eigenvalue weighted by Gasteiger charge is 2.26. The fourth-order valence-electron chi connectivity index (χ4n) is 3.06. The Morgan fingerprint density at radius 2 is 1.96 bits per heavy atom. The second kappa shape index (κ2) is 8.82. The molecule has 3 rings (SSSR count). The van der Waals surface area contributed by atoms with E-state index in [1.807, 2.05) is 23.1 Å². The molecule has 2 aromatic rings. The van der Waals surface area contributed by atoms with Crippen molar-refractivity contribution in [2.75, 3.05) is 13.1 Å². The molecule has 0 aliphatic carbocycles. The molecule has 0 radical (unpaired) electrons. The summed E-state index contributed by atoms with van der Waals surface area (Å²) in [6, 6.07) is 7.27. The fraction of sp³-hybridized carbons (Fsp3) is 0.474. The van der Waals surface area contributed by atoms with E-state index in [1.54, 1.807) is 13.0 Å². The van der Waals surface area contributed by atoms with Crippen LogP contribution in [0, 0.1) is 0 Å². The predicted octanol–water partition coefficient (Wildman–Crippen LogP) is 4.03. The van der Waals surface area contributed by atoms with Gasteiger partial charge >= 0.3 is 0 Å². The molecule has 1 aliphatic heterocycles. The highest BCUT2D eigenvalue weighted by Crippen LogP contribution is 2.27. The number of rotatable bonds is 5. The van der Waals surface area contributed by atoms with Crippen molar-refractivity contribution in [3.63, 3.8) is 0 Å². The van der Waals surface area contributed by atoms with Gasteiger partial charge in [-0.25, -0.2) is 4.98 Å². The Bertz CT molecular complexity index is 785. The second-order valence-corrected chi connectivity index (χ2v) is 8.70. The van der Waals surface area contributed by atoms with E-state index in [0.717, 1.165) is 38.8 Å². The zero-order chi connectivity index (χ0) is 18.5. The molecule has 26 heavy (non-hydrogen) atoms. The van der Waals surface area contributed by atoms with Gasteiger partial charge in [-0.3, -0.25) is 9.00 Å². The standard InChI is InChI=1S/C19H23ClN2O3S/c1-14(19(23)22-10-6-2-3-7-11-22)26(24)13-15-12-25-18(21-15)16-8-4-5-9-17(16)20/h4-5,8-9,12,14H,2-3,6-7,10-11,13H2,1H3/t14-,26-/m1/s1. The van der Waals surface area contributed by atoms with Crippen LogP contribution >= 0.6 is 11.6 Å². The van der Waals surface area contributed by atoms with Gasteiger partial charge in [0.15, 0.2) is 0 Å². The largest absolute Gasteiger partial charge is 0.444 e. The number of nitrogens with zero attached hydrogens (tertiary/aromatic N) is 2. The molecule has 0 saturated carbocycles. The van der Waals surface area contributed by atoms with Gasteiger partial charge in [0.2, 0.25) is 11.8 Å². The van der Waals surface area contributed by atoms with E-state index in [0.29, 0.717) is 22.2 Å². The van der Waals surface area contributed by atoms with Gasteiger partial charge in [-0.1, -0.05) is 36.6 Å². The van der Waals surface area contributed by atoms with Crippen LogP contribution in [-0.4, -0.2) is 38.3 Å². The summed E-state index contributed by atoms with van der Waals surface area (Å²) in [5.74, 6) is 0.559. The lowest BCUT2D eigenvalue weighted by molar-refractivity contribution is -0.130. The molecule has 1 aliphatic rings. The number of carbonyl (C=O) groups is 1. The Labute approximate surface area is 161 Å². The van der Waals surface area contributed by atoms with E-state index < -0.39 is 16.0 Å². The summed E-state index contributed by atoms with van der Waals surface area (Å²) in [7, 11) is -1.35. The molecule has 0 unspecified atom stereocenters. The maximum absolute atomic E-state index is 12.7.